The molecule has 2 heterocycles. The number of alkyl halides is 2. The molecule has 1 aromatic carbocycles. The summed E-state index contributed by atoms with van der Waals surface area (Å²) in [5, 5.41) is 2.83. The van der Waals surface area contributed by atoms with E-state index in [2.05, 4.69) is 15.3 Å². The predicted octanol–water partition coefficient (Wildman–Crippen LogP) is 3.23. The number of halogens is 2. The van der Waals surface area contributed by atoms with Crippen LogP contribution in [0.15, 0.2) is 53.8 Å². The number of nitrogens with one attached hydrogen (secondary N) is 1. The number of nitrogens with zero attached hydrogens (tertiary/aromatic N) is 3. The minimum absolute atomic E-state index is 0.00285. The second kappa shape index (κ2) is 7.39. The first-order valence-corrected chi connectivity index (χ1v) is 8.18. The van der Waals surface area contributed by atoms with Gasteiger partial charge in [-0.15, -0.1) is 0 Å². The summed E-state index contributed by atoms with van der Waals surface area (Å²) in [5.41, 5.74) is 1.56. The molecule has 0 aliphatic carbocycles. The summed E-state index contributed by atoms with van der Waals surface area (Å²) >= 11 is 0.984. The van der Waals surface area contributed by atoms with Crippen molar-refractivity contribution < 1.29 is 13.6 Å². The summed E-state index contributed by atoms with van der Waals surface area (Å²) < 4.78 is 27.4. The number of benzene rings is 1. The summed E-state index contributed by atoms with van der Waals surface area (Å²) in [7, 11) is 0. The highest BCUT2D eigenvalue weighted by Crippen LogP contribution is 2.28. The SMILES string of the molecule is O=C(CSc1nc2ccccc2n1C(F)F)NCc1ccccn1. The third-order valence-corrected chi connectivity index (χ3v) is 4.24. The van der Waals surface area contributed by atoms with Crippen molar-refractivity contribution in [1.29, 1.82) is 0 Å². The topological polar surface area (TPSA) is 59.8 Å². The molecule has 8 heteroatoms. The van der Waals surface area contributed by atoms with Crippen molar-refractivity contribution in [2.75, 3.05) is 5.75 Å². The summed E-state index contributed by atoms with van der Waals surface area (Å²) in [6, 6.07) is 12.1. The van der Waals surface area contributed by atoms with Gasteiger partial charge in [-0.25, -0.2) is 4.98 Å². The van der Waals surface area contributed by atoms with E-state index in [9.17, 15) is 13.6 Å². The van der Waals surface area contributed by atoms with Crippen molar-refractivity contribution in [2.45, 2.75) is 18.3 Å². The Morgan fingerprint density at radius 2 is 2.00 bits per heavy atom. The number of carbonyl (C=O) groups is 1. The number of pyridine rings is 1. The first-order chi connectivity index (χ1) is 11.6. The van der Waals surface area contributed by atoms with Gasteiger partial charge in [0, 0.05) is 6.20 Å². The Morgan fingerprint density at radius 1 is 1.21 bits per heavy atom. The van der Waals surface area contributed by atoms with Gasteiger partial charge in [-0.1, -0.05) is 30.0 Å². The maximum absolute atomic E-state index is 13.3. The van der Waals surface area contributed by atoms with Crippen LogP contribution in [0.3, 0.4) is 0 Å². The van der Waals surface area contributed by atoms with E-state index < -0.39 is 6.55 Å². The summed E-state index contributed by atoms with van der Waals surface area (Å²) in [6.45, 7) is -2.41. The quantitative estimate of drug-likeness (QED) is 0.695. The maximum Gasteiger partial charge on any atom is 0.321 e. The molecule has 0 saturated heterocycles. The average Bonchev–Trinajstić information content (AvgIpc) is 2.97. The van der Waals surface area contributed by atoms with E-state index in [0.717, 1.165) is 22.0 Å². The lowest BCUT2D eigenvalue weighted by Gasteiger charge is -2.07. The molecule has 1 amide bonds. The Balaban J connectivity index is 1.65. The Bertz CT molecular complexity index is 838. The van der Waals surface area contributed by atoms with Crippen molar-refractivity contribution in [3.63, 3.8) is 0 Å². The lowest BCUT2D eigenvalue weighted by Crippen LogP contribution is -2.25. The van der Waals surface area contributed by atoms with Gasteiger partial charge in [0.1, 0.15) is 0 Å². The van der Waals surface area contributed by atoms with Crippen LogP contribution in [0.2, 0.25) is 0 Å². The summed E-state index contributed by atoms with van der Waals surface area (Å²) in [6.07, 6.45) is 1.64. The molecule has 0 aliphatic rings. The Labute approximate surface area is 141 Å². The van der Waals surface area contributed by atoms with Crippen LogP contribution in [0.5, 0.6) is 0 Å². The van der Waals surface area contributed by atoms with Crippen molar-refractivity contribution in [3.05, 3.63) is 54.4 Å². The molecule has 5 nitrogen and oxygen atoms in total. The monoisotopic (exact) mass is 348 g/mol. The molecule has 0 aliphatic heterocycles. The number of rotatable bonds is 6. The van der Waals surface area contributed by atoms with E-state index in [1.807, 2.05) is 6.07 Å². The molecule has 1 N–H and O–H groups in total. The van der Waals surface area contributed by atoms with Crippen LogP contribution < -0.4 is 5.32 Å². The van der Waals surface area contributed by atoms with E-state index in [4.69, 9.17) is 0 Å². The number of fused-ring (bicyclic) bond motifs is 1. The number of imidazole rings is 1. The van der Waals surface area contributed by atoms with Gasteiger partial charge in [0.2, 0.25) is 5.91 Å². The van der Waals surface area contributed by atoms with E-state index >= 15 is 0 Å². The Morgan fingerprint density at radius 3 is 2.75 bits per heavy atom. The van der Waals surface area contributed by atoms with Crippen molar-refractivity contribution in [3.8, 4) is 0 Å². The molecular formula is C16H14F2N4OS. The molecule has 0 saturated carbocycles. The van der Waals surface area contributed by atoms with Gasteiger partial charge in [-0.05, 0) is 24.3 Å². The zero-order chi connectivity index (χ0) is 16.9. The molecular weight excluding hydrogens is 334 g/mol. The van der Waals surface area contributed by atoms with Gasteiger partial charge in [-0.2, -0.15) is 8.78 Å². The predicted molar refractivity (Wildman–Crippen MR) is 87.8 cm³/mol. The molecule has 0 fully saturated rings. The molecule has 124 valence electrons. The standard InChI is InChI=1S/C16H14F2N4OS/c17-15(18)22-13-7-2-1-6-12(13)21-16(22)24-10-14(23)20-9-11-5-3-4-8-19-11/h1-8,15H,9-10H2,(H,20,23). The Kier molecular flexibility index (Phi) is 5.05. The van der Waals surface area contributed by atoms with Gasteiger partial charge in [0.25, 0.3) is 0 Å². The van der Waals surface area contributed by atoms with Crippen molar-refractivity contribution in [2.24, 2.45) is 0 Å². The van der Waals surface area contributed by atoms with Crippen LogP contribution >= 0.6 is 11.8 Å². The number of thioether (sulfide) groups is 1. The molecule has 2 aromatic heterocycles. The molecule has 0 atom stereocenters. The van der Waals surface area contributed by atoms with Gasteiger partial charge in [0.15, 0.2) is 5.16 Å². The van der Waals surface area contributed by atoms with E-state index in [-0.39, 0.29) is 16.8 Å². The normalized spacial score (nSPS) is 11.1. The average molecular weight is 348 g/mol. The zero-order valence-electron chi connectivity index (χ0n) is 12.5. The van der Waals surface area contributed by atoms with Crippen LogP contribution in [0.1, 0.15) is 12.2 Å². The van der Waals surface area contributed by atoms with E-state index in [1.165, 1.54) is 0 Å². The molecule has 24 heavy (non-hydrogen) atoms. The van der Waals surface area contributed by atoms with Crippen molar-refractivity contribution >= 4 is 28.7 Å². The number of para-hydroxylation sites is 2. The fraction of sp³-hybridized carbons (Fsp3) is 0.188. The lowest BCUT2D eigenvalue weighted by molar-refractivity contribution is -0.118. The molecule has 0 bridgehead atoms. The number of amides is 1. The lowest BCUT2D eigenvalue weighted by atomic mass is 10.3. The number of carbonyl (C=O) groups excluding carboxylic acids is 1. The molecule has 0 unspecified atom stereocenters. The highest BCUT2D eigenvalue weighted by Gasteiger charge is 2.18. The fourth-order valence-corrected chi connectivity index (χ4v) is 3.03. The zero-order valence-corrected chi connectivity index (χ0v) is 13.3. The van der Waals surface area contributed by atoms with E-state index in [0.29, 0.717) is 17.6 Å². The largest absolute Gasteiger partial charge is 0.350 e. The first kappa shape index (κ1) is 16.4. The first-order valence-electron chi connectivity index (χ1n) is 7.19. The smallest absolute Gasteiger partial charge is 0.321 e. The molecule has 0 radical (unpaired) electrons. The van der Waals surface area contributed by atoms with Crippen LogP contribution in [0.4, 0.5) is 8.78 Å². The van der Waals surface area contributed by atoms with Crippen LogP contribution in [-0.4, -0.2) is 26.2 Å². The molecule has 0 spiro atoms. The van der Waals surface area contributed by atoms with Gasteiger partial charge in [-0.3, -0.25) is 14.3 Å². The summed E-state index contributed by atoms with van der Waals surface area (Å²) in [4.78, 5) is 20.2. The fourth-order valence-electron chi connectivity index (χ4n) is 2.19. The molecule has 3 aromatic rings. The number of aromatic nitrogens is 3. The number of hydrogen-bond donors (Lipinski definition) is 1. The third-order valence-electron chi connectivity index (χ3n) is 3.28. The highest BCUT2D eigenvalue weighted by molar-refractivity contribution is 7.99. The Hall–Kier alpha value is -2.48. The summed E-state index contributed by atoms with van der Waals surface area (Å²) in [5.74, 6) is -0.262. The van der Waals surface area contributed by atoms with Crippen LogP contribution in [0.25, 0.3) is 11.0 Å². The second-order valence-electron chi connectivity index (χ2n) is 4.92. The minimum atomic E-state index is -2.71. The minimum Gasteiger partial charge on any atom is -0.350 e. The van der Waals surface area contributed by atoms with Crippen LogP contribution in [-0.2, 0) is 11.3 Å². The maximum atomic E-state index is 13.3. The highest BCUT2D eigenvalue weighted by atomic mass is 32.2. The molecule has 3 rings (SSSR count). The van der Waals surface area contributed by atoms with Gasteiger partial charge in [0.05, 0.1) is 29.0 Å². The van der Waals surface area contributed by atoms with Gasteiger partial charge < -0.3 is 5.32 Å². The second-order valence-corrected chi connectivity index (χ2v) is 5.86. The number of hydrogen-bond acceptors (Lipinski definition) is 4. The van der Waals surface area contributed by atoms with Crippen molar-refractivity contribution in [1.82, 2.24) is 19.9 Å². The van der Waals surface area contributed by atoms with Gasteiger partial charge >= 0.3 is 6.55 Å². The van der Waals surface area contributed by atoms with E-state index in [1.54, 1.807) is 42.6 Å². The van der Waals surface area contributed by atoms with Crippen LogP contribution in [0, 0.1) is 0 Å². The third kappa shape index (κ3) is 3.70.